The van der Waals surface area contributed by atoms with E-state index in [1.165, 1.54) is 23.1 Å². The van der Waals surface area contributed by atoms with Gasteiger partial charge in [0.1, 0.15) is 6.61 Å². The van der Waals surface area contributed by atoms with Crippen LogP contribution >= 0.6 is 23.2 Å². The molecule has 3 rings (SSSR count). The molecule has 1 atom stereocenters. The number of esters is 1. The first-order valence-corrected chi connectivity index (χ1v) is 10.4. The highest BCUT2D eigenvalue weighted by Gasteiger charge is 2.38. The molecule has 0 aliphatic carbocycles. The fraction of sp³-hybridized carbons (Fsp3) is 0.273. The Kier molecular flexibility index (Phi) is 7.41. The van der Waals surface area contributed by atoms with Gasteiger partial charge in [-0.05, 0) is 43.7 Å². The van der Waals surface area contributed by atoms with Crippen LogP contribution in [0.15, 0.2) is 53.7 Å². The van der Waals surface area contributed by atoms with Gasteiger partial charge in [-0.2, -0.15) is 0 Å². The largest absolute Gasteiger partial charge is 0.484 e. The van der Waals surface area contributed by atoms with Crippen LogP contribution < -0.4 is 10.1 Å². The summed E-state index contributed by atoms with van der Waals surface area (Å²) in [6.45, 7) is 3.62. The van der Waals surface area contributed by atoms with Gasteiger partial charge in [0.2, 0.25) is 0 Å². The third kappa shape index (κ3) is 4.94. The summed E-state index contributed by atoms with van der Waals surface area (Å²) in [5, 5.41) is 3.42. The molecule has 1 aliphatic heterocycles. The fourth-order valence-electron chi connectivity index (χ4n) is 3.29. The van der Waals surface area contributed by atoms with E-state index in [1.54, 1.807) is 38.1 Å². The maximum Gasteiger partial charge on any atom is 0.338 e. The summed E-state index contributed by atoms with van der Waals surface area (Å²) in [6, 6.07) is 9.44. The van der Waals surface area contributed by atoms with E-state index in [0.29, 0.717) is 10.6 Å². The average Bonchev–Trinajstić information content (AvgIpc) is 2.74. The Hall–Kier alpha value is -2.77. The van der Waals surface area contributed by atoms with Gasteiger partial charge >= 0.3 is 12.0 Å². The Morgan fingerprint density at radius 2 is 1.90 bits per heavy atom. The summed E-state index contributed by atoms with van der Waals surface area (Å²) in [5.74, 6) is -1.17. The molecule has 6 nitrogen and oxygen atoms in total. The van der Waals surface area contributed by atoms with Crippen molar-refractivity contribution in [3.63, 3.8) is 0 Å². The molecule has 2 amide bonds. The van der Waals surface area contributed by atoms with Crippen molar-refractivity contribution >= 4 is 35.2 Å². The average molecular weight is 467 g/mol. The van der Waals surface area contributed by atoms with Gasteiger partial charge in [-0.3, -0.25) is 4.90 Å². The van der Waals surface area contributed by atoms with E-state index in [1.807, 2.05) is 0 Å². The summed E-state index contributed by atoms with van der Waals surface area (Å²) in [6.07, 6.45) is 0. The number of carbonyl (C=O) groups is 2. The van der Waals surface area contributed by atoms with E-state index in [9.17, 15) is 14.0 Å². The minimum Gasteiger partial charge on any atom is -0.484 e. The van der Waals surface area contributed by atoms with Crippen LogP contribution in [0.25, 0.3) is 0 Å². The van der Waals surface area contributed by atoms with Crippen molar-refractivity contribution in [2.45, 2.75) is 19.9 Å². The summed E-state index contributed by atoms with van der Waals surface area (Å²) in [7, 11) is 0. The first-order valence-electron chi connectivity index (χ1n) is 9.67. The van der Waals surface area contributed by atoms with Gasteiger partial charge in [-0.1, -0.05) is 41.4 Å². The summed E-state index contributed by atoms with van der Waals surface area (Å²) in [4.78, 5) is 27.1. The Morgan fingerprint density at radius 1 is 1.16 bits per heavy atom. The summed E-state index contributed by atoms with van der Waals surface area (Å²) >= 11 is 12.2. The van der Waals surface area contributed by atoms with E-state index in [-0.39, 0.29) is 41.8 Å². The number of carbonyl (C=O) groups excluding carboxylic acids is 2. The zero-order valence-corrected chi connectivity index (χ0v) is 18.5. The van der Waals surface area contributed by atoms with Crippen molar-refractivity contribution in [3.05, 3.63) is 75.2 Å². The van der Waals surface area contributed by atoms with Crippen LogP contribution in [0.2, 0.25) is 10.0 Å². The highest BCUT2D eigenvalue weighted by molar-refractivity contribution is 6.42. The van der Waals surface area contributed by atoms with Gasteiger partial charge in [0.15, 0.2) is 11.6 Å². The van der Waals surface area contributed by atoms with Crippen molar-refractivity contribution in [2.75, 3.05) is 19.8 Å². The quantitative estimate of drug-likeness (QED) is 0.575. The Labute approximate surface area is 189 Å². The van der Waals surface area contributed by atoms with Gasteiger partial charge in [-0.25, -0.2) is 14.0 Å². The molecule has 164 valence electrons. The third-order valence-electron chi connectivity index (χ3n) is 4.73. The molecule has 0 saturated heterocycles. The lowest BCUT2D eigenvalue weighted by Crippen LogP contribution is -2.49. The molecule has 31 heavy (non-hydrogen) atoms. The highest BCUT2D eigenvalue weighted by atomic mass is 35.5. The lowest BCUT2D eigenvalue weighted by molar-refractivity contribution is -0.139. The maximum atomic E-state index is 14.0. The number of benzene rings is 2. The van der Waals surface area contributed by atoms with Crippen LogP contribution in [0.1, 0.15) is 25.5 Å². The minimum atomic E-state index is -0.844. The summed E-state index contributed by atoms with van der Waals surface area (Å²) < 4.78 is 24.9. The number of hydrogen-bond acceptors (Lipinski definition) is 4. The van der Waals surface area contributed by atoms with Crippen molar-refractivity contribution in [2.24, 2.45) is 0 Å². The van der Waals surface area contributed by atoms with E-state index in [4.69, 9.17) is 32.7 Å². The zero-order valence-electron chi connectivity index (χ0n) is 17.0. The van der Waals surface area contributed by atoms with Crippen molar-refractivity contribution in [1.82, 2.24) is 10.2 Å². The summed E-state index contributed by atoms with van der Waals surface area (Å²) in [5.41, 5.74) is 1.01. The number of amides is 2. The van der Waals surface area contributed by atoms with Crippen LogP contribution in [0.3, 0.4) is 0 Å². The first-order chi connectivity index (χ1) is 14.9. The number of rotatable bonds is 7. The normalized spacial score (nSPS) is 16.2. The predicted octanol–water partition coefficient (Wildman–Crippen LogP) is 5.11. The Morgan fingerprint density at radius 3 is 2.55 bits per heavy atom. The SMILES string of the molecule is CCOC(=O)C1=C(COc2ccccc2F)N(CC)C(=O)NC1c1ccc(Cl)c(Cl)c1. The van der Waals surface area contributed by atoms with Gasteiger partial charge in [0.25, 0.3) is 0 Å². The van der Waals surface area contributed by atoms with Gasteiger partial charge in [-0.15, -0.1) is 0 Å². The number of nitrogens with one attached hydrogen (secondary N) is 1. The van der Waals surface area contributed by atoms with E-state index >= 15 is 0 Å². The number of nitrogens with zero attached hydrogens (tertiary/aromatic N) is 1. The van der Waals surface area contributed by atoms with E-state index in [2.05, 4.69) is 5.32 Å². The van der Waals surface area contributed by atoms with Gasteiger partial charge < -0.3 is 14.8 Å². The molecule has 0 spiro atoms. The van der Waals surface area contributed by atoms with Gasteiger partial charge in [0, 0.05) is 6.54 Å². The molecule has 2 aromatic rings. The number of halogens is 3. The molecule has 0 radical (unpaired) electrons. The minimum absolute atomic E-state index is 0.00586. The molecule has 1 unspecified atom stereocenters. The predicted molar refractivity (Wildman–Crippen MR) is 116 cm³/mol. The molecule has 0 aromatic heterocycles. The van der Waals surface area contributed by atoms with E-state index in [0.717, 1.165) is 0 Å². The molecular formula is C22H21Cl2FN2O4. The maximum absolute atomic E-state index is 14.0. The van der Waals surface area contributed by atoms with Crippen LogP contribution in [0.5, 0.6) is 5.75 Å². The van der Waals surface area contributed by atoms with Crippen LogP contribution in [-0.2, 0) is 9.53 Å². The Balaban J connectivity index is 2.10. The molecule has 1 N–H and O–H groups in total. The number of ether oxygens (including phenoxy) is 2. The van der Waals surface area contributed by atoms with Crippen molar-refractivity contribution in [3.8, 4) is 5.75 Å². The fourth-order valence-corrected chi connectivity index (χ4v) is 3.60. The standard InChI is InChI=1S/C22H21Cl2FN2O4/c1-3-27-17(12-31-18-8-6-5-7-16(18)25)19(21(28)30-4-2)20(26-22(27)29)13-9-10-14(23)15(24)11-13/h5-11,20H,3-4,12H2,1-2H3,(H,26,29). The molecular weight excluding hydrogens is 446 g/mol. The van der Waals surface area contributed by atoms with E-state index < -0.39 is 23.9 Å². The van der Waals surface area contributed by atoms with Crippen LogP contribution in [-0.4, -0.2) is 36.7 Å². The number of likely N-dealkylation sites (N-methyl/N-ethyl adjacent to an activating group) is 1. The van der Waals surface area contributed by atoms with Crippen molar-refractivity contribution in [1.29, 1.82) is 0 Å². The number of hydrogen-bond donors (Lipinski definition) is 1. The highest BCUT2D eigenvalue weighted by Crippen LogP contribution is 2.34. The van der Waals surface area contributed by atoms with Crippen molar-refractivity contribution < 1.29 is 23.5 Å². The lowest BCUT2D eigenvalue weighted by Gasteiger charge is -2.36. The second kappa shape index (κ2) is 10.0. The molecule has 9 heteroatoms. The smallest absolute Gasteiger partial charge is 0.338 e. The zero-order chi connectivity index (χ0) is 22.5. The second-order valence-corrected chi connectivity index (χ2v) is 7.41. The molecule has 2 aromatic carbocycles. The van der Waals surface area contributed by atoms with Crippen LogP contribution in [0, 0.1) is 5.82 Å². The second-order valence-electron chi connectivity index (χ2n) is 6.60. The topological polar surface area (TPSA) is 67.9 Å². The number of para-hydroxylation sites is 1. The third-order valence-corrected chi connectivity index (χ3v) is 5.47. The molecule has 0 bridgehead atoms. The lowest BCUT2D eigenvalue weighted by atomic mass is 9.94. The Bertz CT molecular complexity index is 1030. The van der Waals surface area contributed by atoms with Gasteiger partial charge in [0.05, 0.1) is 34.0 Å². The monoisotopic (exact) mass is 466 g/mol. The van der Waals surface area contributed by atoms with Crippen LogP contribution in [0.4, 0.5) is 9.18 Å². The molecule has 0 saturated carbocycles. The molecule has 1 heterocycles. The molecule has 0 fully saturated rings. The molecule has 1 aliphatic rings. The first kappa shape index (κ1) is 22.9. The number of urea groups is 1.